The lowest BCUT2D eigenvalue weighted by Gasteiger charge is -2.33. The zero-order valence-electron chi connectivity index (χ0n) is 9.82. The molecule has 0 bridgehead atoms. The molecule has 1 aromatic carbocycles. The van der Waals surface area contributed by atoms with Crippen LogP contribution in [0.2, 0.25) is 5.02 Å². The first-order valence-electron chi connectivity index (χ1n) is 5.81. The van der Waals surface area contributed by atoms with Crippen LogP contribution in [-0.4, -0.2) is 18.6 Å². The summed E-state index contributed by atoms with van der Waals surface area (Å²) in [5.41, 5.74) is 10.0. The van der Waals surface area contributed by atoms with Crippen LogP contribution in [-0.2, 0) is 10.3 Å². The van der Waals surface area contributed by atoms with E-state index in [1.165, 1.54) is 12.1 Å². The Morgan fingerprint density at radius 2 is 2.16 bits per heavy atom. The Balaban J connectivity index is 2.21. The molecule has 1 saturated carbocycles. The molecule has 0 saturated heterocycles. The summed E-state index contributed by atoms with van der Waals surface area (Å²) >= 11 is 6.05. The summed E-state index contributed by atoms with van der Waals surface area (Å²) in [7, 11) is 0. The van der Waals surface area contributed by atoms with Crippen LogP contribution in [0.1, 0.15) is 12.0 Å². The van der Waals surface area contributed by atoms with Gasteiger partial charge in [0.2, 0.25) is 0 Å². The molecule has 1 fully saturated rings. The van der Waals surface area contributed by atoms with Crippen molar-refractivity contribution < 1.29 is 13.5 Å². The molecule has 3 rings (SSSR count). The quantitative estimate of drug-likeness (QED) is 0.818. The van der Waals surface area contributed by atoms with E-state index in [0.717, 1.165) is 0 Å². The second-order valence-corrected chi connectivity index (χ2v) is 5.22. The molecule has 3 atom stereocenters. The Labute approximate surface area is 113 Å². The van der Waals surface area contributed by atoms with Crippen LogP contribution in [0.4, 0.5) is 14.5 Å². The maximum absolute atomic E-state index is 13.7. The second-order valence-electron chi connectivity index (χ2n) is 4.81. The standard InChI is InChI=1S/C12H12ClF2N3O/c13-8-2-1-5(16)3-6(8)12(10(14)15)7-4-9(7)19-11(17)18-12/h1-3,7,9-10H,4,16H2,(H2,17,18)/t7-,9?,12+/m1/s1. The fourth-order valence-electron chi connectivity index (χ4n) is 2.65. The van der Waals surface area contributed by atoms with Crippen LogP contribution < -0.4 is 11.5 Å². The van der Waals surface area contributed by atoms with Gasteiger partial charge in [0, 0.05) is 22.2 Å². The third-order valence-electron chi connectivity index (χ3n) is 3.62. The number of nitrogens with zero attached hydrogens (tertiary/aromatic N) is 1. The molecule has 0 spiro atoms. The van der Waals surface area contributed by atoms with Crippen molar-refractivity contribution >= 4 is 23.3 Å². The fraction of sp³-hybridized carbons (Fsp3) is 0.417. The van der Waals surface area contributed by atoms with Crippen molar-refractivity contribution in [2.75, 3.05) is 5.73 Å². The first-order chi connectivity index (χ1) is 8.95. The van der Waals surface area contributed by atoms with Gasteiger partial charge in [0.15, 0.2) is 5.54 Å². The van der Waals surface area contributed by atoms with Gasteiger partial charge in [-0.15, -0.1) is 0 Å². The number of amidine groups is 1. The van der Waals surface area contributed by atoms with Crippen molar-refractivity contribution in [2.45, 2.75) is 24.5 Å². The molecule has 4 N–H and O–H groups in total. The van der Waals surface area contributed by atoms with E-state index in [9.17, 15) is 8.78 Å². The van der Waals surface area contributed by atoms with Crippen LogP contribution in [0.5, 0.6) is 0 Å². The van der Waals surface area contributed by atoms with Gasteiger partial charge in [-0.25, -0.2) is 13.8 Å². The second kappa shape index (κ2) is 3.96. The van der Waals surface area contributed by atoms with Gasteiger partial charge < -0.3 is 16.2 Å². The highest BCUT2D eigenvalue weighted by molar-refractivity contribution is 6.31. The SMILES string of the molecule is NC1=N[C@](c2cc(N)ccc2Cl)(C(F)F)[C@@H]2CC2O1. The van der Waals surface area contributed by atoms with Crippen molar-refractivity contribution in [1.29, 1.82) is 0 Å². The van der Waals surface area contributed by atoms with Gasteiger partial charge in [-0.05, 0) is 24.6 Å². The first kappa shape index (κ1) is 12.5. The van der Waals surface area contributed by atoms with Crippen LogP contribution in [0.3, 0.4) is 0 Å². The van der Waals surface area contributed by atoms with E-state index < -0.39 is 17.9 Å². The highest BCUT2D eigenvalue weighted by atomic mass is 35.5. The molecular weight excluding hydrogens is 276 g/mol. The maximum atomic E-state index is 13.7. The molecule has 1 aliphatic heterocycles. The zero-order chi connectivity index (χ0) is 13.8. The average Bonchev–Trinajstić information content (AvgIpc) is 3.10. The van der Waals surface area contributed by atoms with Crippen LogP contribution in [0.15, 0.2) is 23.2 Å². The Morgan fingerprint density at radius 1 is 1.42 bits per heavy atom. The van der Waals surface area contributed by atoms with Crippen molar-refractivity contribution in [2.24, 2.45) is 16.6 Å². The molecular formula is C12H12ClF2N3O. The smallest absolute Gasteiger partial charge is 0.283 e. The maximum Gasteiger partial charge on any atom is 0.283 e. The van der Waals surface area contributed by atoms with Gasteiger partial charge in [0.1, 0.15) is 6.10 Å². The van der Waals surface area contributed by atoms with Gasteiger partial charge in [-0.2, -0.15) is 0 Å². The van der Waals surface area contributed by atoms with Crippen LogP contribution in [0.25, 0.3) is 0 Å². The number of anilines is 1. The number of halogens is 3. The van der Waals surface area contributed by atoms with Gasteiger partial charge in [-0.1, -0.05) is 11.6 Å². The summed E-state index contributed by atoms with van der Waals surface area (Å²) < 4.78 is 32.6. The topological polar surface area (TPSA) is 73.6 Å². The number of aliphatic imine (C=N–C) groups is 1. The van der Waals surface area contributed by atoms with E-state index in [-0.39, 0.29) is 22.7 Å². The van der Waals surface area contributed by atoms with E-state index in [1.54, 1.807) is 6.07 Å². The van der Waals surface area contributed by atoms with E-state index in [1.807, 2.05) is 0 Å². The largest absolute Gasteiger partial charge is 0.462 e. The van der Waals surface area contributed by atoms with E-state index in [0.29, 0.717) is 12.1 Å². The Bertz CT molecular complexity index is 566. The summed E-state index contributed by atoms with van der Waals surface area (Å²) in [6.07, 6.45) is -2.56. The molecule has 1 aliphatic carbocycles. The number of rotatable bonds is 2. The molecule has 7 heteroatoms. The summed E-state index contributed by atoms with van der Waals surface area (Å²) in [4.78, 5) is 3.89. The van der Waals surface area contributed by atoms with Gasteiger partial charge in [-0.3, -0.25) is 0 Å². The first-order valence-corrected chi connectivity index (χ1v) is 6.18. The molecule has 0 amide bonds. The summed E-state index contributed by atoms with van der Waals surface area (Å²) in [6, 6.07) is 4.26. The minimum absolute atomic E-state index is 0.207. The molecule has 1 aromatic rings. The predicted molar refractivity (Wildman–Crippen MR) is 68.1 cm³/mol. The monoisotopic (exact) mass is 287 g/mol. The number of benzene rings is 1. The Morgan fingerprint density at radius 3 is 2.84 bits per heavy atom. The fourth-order valence-corrected chi connectivity index (χ4v) is 2.92. The van der Waals surface area contributed by atoms with Gasteiger partial charge in [0.25, 0.3) is 12.4 Å². The highest BCUT2D eigenvalue weighted by Crippen LogP contribution is 2.56. The lowest BCUT2D eigenvalue weighted by atomic mass is 9.85. The number of hydrogen-bond acceptors (Lipinski definition) is 4. The number of ether oxygens (including phenoxy) is 1. The van der Waals surface area contributed by atoms with Gasteiger partial charge >= 0.3 is 0 Å². The molecule has 0 radical (unpaired) electrons. The summed E-state index contributed by atoms with van der Waals surface area (Å²) in [6.45, 7) is 0. The number of nitrogen functional groups attached to an aromatic ring is 1. The minimum atomic E-state index is -2.73. The molecule has 19 heavy (non-hydrogen) atoms. The van der Waals surface area contributed by atoms with E-state index in [4.69, 9.17) is 27.8 Å². The normalized spacial score (nSPS) is 32.5. The number of alkyl halides is 2. The summed E-state index contributed by atoms with van der Waals surface area (Å²) in [5.74, 6) is -0.418. The molecule has 2 aliphatic rings. The Hall–Kier alpha value is -1.56. The molecule has 1 unspecified atom stereocenters. The third kappa shape index (κ3) is 1.74. The van der Waals surface area contributed by atoms with Crippen LogP contribution in [0, 0.1) is 5.92 Å². The van der Waals surface area contributed by atoms with Crippen molar-refractivity contribution in [3.63, 3.8) is 0 Å². The van der Waals surface area contributed by atoms with Crippen molar-refractivity contribution in [1.82, 2.24) is 0 Å². The molecule has 1 heterocycles. The van der Waals surface area contributed by atoms with Gasteiger partial charge in [0.05, 0.1) is 0 Å². The summed E-state index contributed by atoms with van der Waals surface area (Å²) in [5, 5.41) is 0.207. The number of nitrogens with two attached hydrogens (primary N) is 2. The van der Waals surface area contributed by atoms with Crippen molar-refractivity contribution in [3.8, 4) is 0 Å². The Kier molecular flexibility index (Phi) is 2.60. The van der Waals surface area contributed by atoms with Crippen LogP contribution >= 0.6 is 11.6 Å². The van der Waals surface area contributed by atoms with E-state index in [2.05, 4.69) is 4.99 Å². The number of hydrogen-bond donors (Lipinski definition) is 2. The highest BCUT2D eigenvalue weighted by Gasteiger charge is 2.64. The molecule has 102 valence electrons. The zero-order valence-corrected chi connectivity index (χ0v) is 10.6. The average molecular weight is 288 g/mol. The van der Waals surface area contributed by atoms with E-state index >= 15 is 0 Å². The minimum Gasteiger partial charge on any atom is -0.462 e. The lowest BCUT2D eigenvalue weighted by molar-refractivity contribution is 0.0197. The predicted octanol–water partition coefficient (Wildman–Crippen LogP) is 2.12. The number of fused-ring (bicyclic) bond motifs is 1. The molecule has 0 aromatic heterocycles. The third-order valence-corrected chi connectivity index (χ3v) is 3.95. The van der Waals surface area contributed by atoms with Crippen molar-refractivity contribution in [3.05, 3.63) is 28.8 Å². The molecule has 4 nitrogen and oxygen atoms in total. The lowest BCUT2D eigenvalue weighted by Crippen LogP contribution is -2.43.